The van der Waals surface area contributed by atoms with Gasteiger partial charge in [0.15, 0.2) is 9.84 Å². The second-order valence-electron chi connectivity index (χ2n) is 5.56. The van der Waals surface area contributed by atoms with Crippen molar-refractivity contribution in [2.24, 2.45) is 0 Å². The Morgan fingerprint density at radius 1 is 1.17 bits per heavy atom. The van der Waals surface area contributed by atoms with Gasteiger partial charge in [-0.1, -0.05) is 39.7 Å². The molecule has 0 aliphatic carbocycles. The van der Waals surface area contributed by atoms with Crippen molar-refractivity contribution in [2.75, 3.05) is 13.3 Å². The van der Waals surface area contributed by atoms with Gasteiger partial charge in [0.2, 0.25) is 0 Å². The van der Waals surface area contributed by atoms with Crippen LogP contribution in [-0.2, 0) is 9.84 Å². The first-order valence-corrected chi connectivity index (χ1v) is 10.2. The third-order valence-electron chi connectivity index (χ3n) is 3.85. The molecule has 0 heterocycles. The Morgan fingerprint density at radius 3 is 2.29 bits per heavy atom. The smallest absolute Gasteiger partial charge is 0.255 e. The molecule has 2 aromatic rings. The number of hydrogen-bond acceptors (Lipinski definition) is 3. The molecule has 0 N–H and O–H groups in total. The molecule has 0 saturated carbocycles. The van der Waals surface area contributed by atoms with E-state index in [9.17, 15) is 13.2 Å². The maximum absolute atomic E-state index is 12.7. The summed E-state index contributed by atoms with van der Waals surface area (Å²) in [7, 11) is -1.55. The van der Waals surface area contributed by atoms with Crippen molar-refractivity contribution in [3.63, 3.8) is 0 Å². The minimum Gasteiger partial charge on any atom is -0.335 e. The second kappa shape index (κ2) is 7.25. The van der Waals surface area contributed by atoms with Crippen LogP contribution >= 0.6 is 27.5 Å². The fraction of sp³-hybridized carbons (Fsp3) is 0.235. The lowest BCUT2D eigenvalue weighted by Crippen LogP contribution is -2.29. The van der Waals surface area contributed by atoms with E-state index in [4.69, 9.17) is 11.6 Å². The first kappa shape index (κ1) is 19.0. The fourth-order valence-electron chi connectivity index (χ4n) is 2.24. The van der Waals surface area contributed by atoms with Crippen molar-refractivity contribution in [2.45, 2.75) is 17.9 Å². The van der Waals surface area contributed by atoms with Gasteiger partial charge in [-0.2, -0.15) is 0 Å². The molecule has 0 saturated heterocycles. The van der Waals surface area contributed by atoms with Gasteiger partial charge in [0.25, 0.3) is 5.91 Å². The zero-order chi connectivity index (χ0) is 18.1. The zero-order valence-corrected chi connectivity index (χ0v) is 16.6. The molecular weight excluding hydrogens is 414 g/mol. The molecule has 1 amide bonds. The molecule has 0 aliphatic rings. The standard InChI is InChI=1S/C17H17BrClNO3S/c1-11(12-4-7-14(8-5-12)24(3,22)23)20(2)17(21)15-10-13(18)6-9-16(15)19/h4-11H,1-3H3. The number of nitrogens with zero attached hydrogens (tertiary/aromatic N) is 1. The second-order valence-corrected chi connectivity index (χ2v) is 8.90. The van der Waals surface area contributed by atoms with Gasteiger partial charge >= 0.3 is 0 Å². The third kappa shape index (κ3) is 4.18. The summed E-state index contributed by atoms with van der Waals surface area (Å²) in [5.41, 5.74) is 1.25. The van der Waals surface area contributed by atoms with E-state index in [2.05, 4.69) is 15.9 Å². The number of carbonyl (C=O) groups is 1. The van der Waals surface area contributed by atoms with E-state index in [0.717, 1.165) is 16.3 Å². The molecule has 0 aliphatic heterocycles. The molecule has 1 unspecified atom stereocenters. The number of hydrogen-bond donors (Lipinski definition) is 0. The molecule has 0 aromatic heterocycles. The predicted molar refractivity (Wildman–Crippen MR) is 99.2 cm³/mol. The van der Waals surface area contributed by atoms with Crippen LogP contribution in [0, 0.1) is 0 Å². The largest absolute Gasteiger partial charge is 0.335 e. The van der Waals surface area contributed by atoms with Crippen LogP contribution in [0.15, 0.2) is 51.8 Å². The fourth-order valence-corrected chi connectivity index (χ4v) is 3.43. The molecule has 4 nitrogen and oxygen atoms in total. The van der Waals surface area contributed by atoms with Gasteiger partial charge < -0.3 is 4.90 Å². The van der Waals surface area contributed by atoms with E-state index in [1.165, 1.54) is 0 Å². The Balaban J connectivity index is 2.27. The van der Waals surface area contributed by atoms with E-state index in [1.807, 2.05) is 6.92 Å². The summed E-state index contributed by atoms with van der Waals surface area (Å²) >= 11 is 9.46. The Kier molecular flexibility index (Phi) is 5.73. The van der Waals surface area contributed by atoms with Crippen molar-refractivity contribution in [3.05, 3.63) is 63.1 Å². The molecule has 0 radical (unpaired) electrons. The number of amides is 1. The van der Waals surface area contributed by atoms with Crippen molar-refractivity contribution < 1.29 is 13.2 Å². The van der Waals surface area contributed by atoms with Gasteiger partial charge in [0, 0.05) is 17.8 Å². The van der Waals surface area contributed by atoms with Crippen molar-refractivity contribution in [1.29, 1.82) is 0 Å². The van der Waals surface area contributed by atoms with Crippen LogP contribution in [0.4, 0.5) is 0 Å². The van der Waals surface area contributed by atoms with Crippen LogP contribution in [0.3, 0.4) is 0 Å². The third-order valence-corrected chi connectivity index (χ3v) is 5.80. The minimum absolute atomic E-state index is 0.207. The normalized spacial score (nSPS) is 12.7. The SMILES string of the molecule is CC(c1ccc(S(C)(=O)=O)cc1)N(C)C(=O)c1cc(Br)ccc1Cl. The summed E-state index contributed by atoms with van der Waals surface area (Å²) in [6, 6.07) is 11.4. The Bertz CT molecular complexity index is 866. The summed E-state index contributed by atoms with van der Waals surface area (Å²) in [5, 5.41) is 0.384. The zero-order valence-electron chi connectivity index (χ0n) is 13.5. The number of benzene rings is 2. The van der Waals surface area contributed by atoms with Crippen LogP contribution in [0.2, 0.25) is 5.02 Å². The van der Waals surface area contributed by atoms with Crippen molar-refractivity contribution >= 4 is 43.3 Å². The average molecular weight is 431 g/mol. The predicted octanol–water partition coefficient (Wildman–Crippen LogP) is 4.34. The number of sulfone groups is 1. The molecule has 128 valence electrons. The van der Waals surface area contributed by atoms with E-state index in [-0.39, 0.29) is 16.8 Å². The van der Waals surface area contributed by atoms with Gasteiger partial charge in [-0.05, 0) is 42.8 Å². The summed E-state index contributed by atoms with van der Waals surface area (Å²) < 4.78 is 23.8. The van der Waals surface area contributed by atoms with E-state index in [0.29, 0.717) is 10.6 Å². The van der Waals surface area contributed by atoms with Gasteiger partial charge in [0.1, 0.15) is 0 Å². The molecule has 0 fully saturated rings. The Morgan fingerprint density at radius 2 is 1.75 bits per heavy atom. The van der Waals surface area contributed by atoms with E-state index in [1.54, 1.807) is 54.4 Å². The Labute approximate surface area is 155 Å². The van der Waals surface area contributed by atoms with E-state index < -0.39 is 9.84 Å². The summed E-state index contributed by atoms with van der Waals surface area (Å²) in [6.07, 6.45) is 1.16. The lowest BCUT2D eigenvalue weighted by molar-refractivity contribution is 0.0742. The highest BCUT2D eigenvalue weighted by molar-refractivity contribution is 9.10. The summed E-state index contributed by atoms with van der Waals surface area (Å²) in [4.78, 5) is 14.5. The van der Waals surface area contributed by atoms with Gasteiger partial charge in [-0.15, -0.1) is 0 Å². The minimum atomic E-state index is -3.24. The summed E-state index contributed by atoms with van der Waals surface area (Å²) in [6.45, 7) is 1.87. The molecule has 2 aromatic carbocycles. The van der Waals surface area contributed by atoms with Crippen LogP contribution in [0.5, 0.6) is 0 Å². The van der Waals surface area contributed by atoms with Crippen LogP contribution in [-0.4, -0.2) is 32.5 Å². The monoisotopic (exact) mass is 429 g/mol. The lowest BCUT2D eigenvalue weighted by atomic mass is 10.1. The highest BCUT2D eigenvalue weighted by atomic mass is 79.9. The lowest BCUT2D eigenvalue weighted by Gasteiger charge is -2.26. The topological polar surface area (TPSA) is 54.5 Å². The highest BCUT2D eigenvalue weighted by Crippen LogP contribution is 2.26. The van der Waals surface area contributed by atoms with Crippen LogP contribution in [0.1, 0.15) is 28.9 Å². The van der Waals surface area contributed by atoms with Crippen LogP contribution in [0.25, 0.3) is 0 Å². The quantitative estimate of drug-likeness (QED) is 0.725. The molecule has 1 atom stereocenters. The molecular formula is C17H17BrClNO3S. The molecule has 0 spiro atoms. The van der Waals surface area contributed by atoms with Gasteiger partial charge in [0.05, 0.1) is 21.5 Å². The Hall–Kier alpha value is -1.37. The van der Waals surface area contributed by atoms with Crippen molar-refractivity contribution in [3.8, 4) is 0 Å². The number of halogens is 2. The molecule has 2 rings (SSSR count). The average Bonchev–Trinajstić information content (AvgIpc) is 2.54. The van der Waals surface area contributed by atoms with Crippen molar-refractivity contribution in [1.82, 2.24) is 4.90 Å². The van der Waals surface area contributed by atoms with Gasteiger partial charge in [-0.25, -0.2) is 8.42 Å². The maximum atomic E-state index is 12.7. The molecule has 0 bridgehead atoms. The summed E-state index contributed by atoms with van der Waals surface area (Å²) in [5.74, 6) is -0.207. The first-order chi connectivity index (χ1) is 11.1. The maximum Gasteiger partial charge on any atom is 0.255 e. The number of rotatable bonds is 4. The van der Waals surface area contributed by atoms with E-state index >= 15 is 0 Å². The molecule has 24 heavy (non-hydrogen) atoms. The number of carbonyl (C=O) groups excluding carboxylic acids is 1. The van der Waals surface area contributed by atoms with Gasteiger partial charge in [-0.3, -0.25) is 4.79 Å². The molecule has 7 heteroatoms. The first-order valence-electron chi connectivity index (χ1n) is 7.13. The highest BCUT2D eigenvalue weighted by Gasteiger charge is 2.21. The van der Waals surface area contributed by atoms with Crippen LogP contribution < -0.4 is 0 Å².